The molecule has 0 aliphatic carbocycles. The van der Waals surface area contributed by atoms with Gasteiger partial charge in [-0.2, -0.15) is 5.26 Å². The Labute approximate surface area is 79.2 Å². The zero-order valence-corrected chi connectivity index (χ0v) is 8.18. The summed E-state index contributed by atoms with van der Waals surface area (Å²) in [6.45, 7) is 0. The first kappa shape index (κ1) is 8.43. The molecule has 0 aliphatic heterocycles. The van der Waals surface area contributed by atoms with Gasteiger partial charge >= 0.3 is 0 Å². The molecule has 1 rings (SSSR count). The molecule has 6 heteroatoms. The van der Waals surface area contributed by atoms with Crippen LogP contribution >= 0.6 is 31.9 Å². The molecule has 56 valence electrons. The van der Waals surface area contributed by atoms with Crippen molar-refractivity contribution in [1.29, 1.82) is 5.26 Å². The monoisotopic (exact) mass is 276 g/mol. The first-order valence-corrected chi connectivity index (χ1v) is 4.04. The van der Waals surface area contributed by atoms with Crippen LogP contribution in [0.5, 0.6) is 5.75 Å². The van der Waals surface area contributed by atoms with E-state index in [4.69, 9.17) is 5.26 Å². The second-order valence-corrected chi connectivity index (χ2v) is 3.07. The molecule has 0 radical (unpaired) electrons. The molecular weight excluding hydrogens is 278 g/mol. The molecular formula is C5Br2N3O-. The molecule has 0 aliphatic rings. The molecule has 0 spiro atoms. The molecule has 0 N–H and O–H groups in total. The van der Waals surface area contributed by atoms with E-state index in [0.717, 1.165) is 0 Å². The largest absolute Gasteiger partial charge is 0.869 e. The number of halogens is 2. The Morgan fingerprint density at radius 2 is 1.73 bits per heavy atom. The number of hydrogen-bond donors (Lipinski definition) is 0. The molecule has 0 saturated heterocycles. The minimum atomic E-state index is -0.357. The van der Waals surface area contributed by atoms with Gasteiger partial charge in [0.2, 0.25) is 5.82 Å². The van der Waals surface area contributed by atoms with Crippen LogP contribution < -0.4 is 5.11 Å². The van der Waals surface area contributed by atoms with Gasteiger partial charge in [0.05, 0.1) is 0 Å². The van der Waals surface area contributed by atoms with Gasteiger partial charge in [-0.15, -0.1) is 0 Å². The molecule has 0 fully saturated rings. The van der Waals surface area contributed by atoms with Crippen molar-refractivity contribution in [3.63, 3.8) is 0 Å². The first-order chi connectivity index (χ1) is 5.15. The maximum atomic E-state index is 10.9. The van der Waals surface area contributed by atoms with Gasteiger partial charge < -0.3 is 5.11 Å². The molecule has 0 bridgehead atoms. The summed E-state index contributed by atoms with van der Waals surface area (Å²) in [7, 11) is 0. The Bertz CT molecular complexity index is 310. The predicted octanol–water partition coefficient (Wildman–Crippen LogP) is 0.947. The van der Waals surface area contributed by atoms with E-state index in [-0.39, 0.29) is 20.8 Å². The van der Waals surface area contributed by atoms with E-state index in [1.807, 2.05) is 0 Å². The molecule has 1 aromatic rings. The average molecular weight is 278 g/mol. The molecule has 1 heterocycles. The lowest BCUT2D eigenvalue weighted by atomic mass is 10.5. The van der Waals surface area contributed by atoms with E-state index in [1.165, 1.54) is 0 Å². The van der Waals surface area contributed by atoms with Crippen LogP contribution in [0.2, 0.25) is 0 Å². The van der Waals surface area contributed by atoms with Gasteiger partial charge in [-0.25, -0.2) is 9.97 Å². The molecule has 0 amide bonds. The van der Waals surface area contributed by atoms with E-state index in [2.05, 4.69) is 41.8 Å². The van der Waals surface area contributed by atoms with Crippen molar-refractivity contribution < 1.29 is 5.11 Å². The van der Waals surface area contributed by atoms with Gasteiger partial charge in [0, 0.05) is 0 Å². The van der Waals surface area contributed by atoms with Crippen molar-refractivity contribution in [2.75, 3.05) is 0 Å². The van der Waals surface area contributed by atoms with Crippen molar-refractivity contribution in [1.82, 2.24) is 9.97 Å². The van der Waals surface area contributed by atoms with Crippen molar-refractivity contribution in [2.45, 2.75) is 0 Å². The summed E-state index contributed by atoms with van der Waals surface area (Å²) in [5.74, 6) is -0.396. The normalized spacial score (nSPS) is 9.18. The van der Waals surface area contributed by atoms with Crippen LogP contribution in [0.1, 0.15) is 5.82 Å². The summed E-state index contributed by atoms with van der Waals surface area (Å²) in [5.41, 5.74) is 0. The molecule has 1 aromatic heterocycles. The number of aromatic nitrogens is 2. The minimum Gasteiger partial charge on any atom is -0.869 e. The van der Waals surface area contributed by atoms with E-state index in [9.17, 15) is 5.11 Å². The summed E-state index contributed by atoms with van der Waals surface area (Å²) in [6.07, 6.45) is 0. The highest BCUT2D eigenvalue weighted by Crippen LogP contribution is 2.25. The smallest absolute Gasteiger partial charge is 0.234 e. The molecule has 0 saturated carbocycles. The zero-order valence-electron chi connectivity index (χ0n) is 5.01. The van der Waals surface area contributed by atoms with Crippen LogP contribution in [0, 0.1) is 11.3 Å². The maximum Gasteiger partial charge on any atom is 0.234 e. The van der Waals surface area contributed by atoms with Gasteiger partial charge in [0.1, 0.15) is 15.3 Å². The van der Waals surface area contributed by atoms with Crippen LogP contribution in [0.25, 0.3) is 0 Å². The Balaban J connectivity index is 3.35. The third-order valence-electron chi connectivity index (χ3n) is 0.883. The minimum absolute atomic E-state index is 0.0386. The lowest BCUT2D eigenvalue weighted by Crippen LogP contribution is -1.99. The van der Waals surface area contributed by atoms with E-state index in [0.29, 0.717) is 0 Å². The van der Waals surface area contributed by atoms with Crippen molar-refractivity contribution in [3.8, 4) is 11.8 Å². The van der Waals surface area contributed by atoms with E-state index in [1.54, 1.807) is 6.07 Å². The van der Waals surface area contributed by atoms with Crippen LogP contribution in [-0.2, 0) is 0 Å². The fourth-order valence-electron chi connectivity index (χ4n) is 0.448. The quantitative estimate of drug-likeness (QED) is 0.662. The topological polar surface area (TPSA) is 72.6 Å². The fraction of sp³-hybridized carbons (Fsp3) is 0. The molecule has 11 heavy (non-hydrogen) atoms. The number of rotatable bonds is 0. The van der Waals surface area contributed by atoms with Gasteiger partial charge in [-0.3, -0.25) is 0 Å². The van der Waals surface area contributed by atoms with Crippen molar-refractivity contribution >= 4 is 31.9 Å². The number of hydrogen-bond acceptors (Lipinski definition) is 4. The van der Waals surface area contributed by atoms with Gasteiger partial charge in [-0.1, -0.05) is 0 Å². The average Bonchev–Trinajstić information content (AvgIpc) is 1.99. The Kier molecular flexibility index (Phi) is 2.42. The SMILES string of the molecule is N#Cc1nc(Br)c([O-])c(Br)n1. The third kappa shape index (κ3) is 1.67. The molecule has 0 unspecified atom stereocenters. The molecule has 0 aromatic carbocycles. The van der Waals surface area contributed by atoms with Crippen molar-refractivity contribution in [2.24, 2.45) is 0 Å². The summed E-state index contributed by atoms with van der Waals surface area (Å²) in [4.78, 5) is 7.11. The van der Waals surface area contributed by atoms with Gasteiger partial charge in [0.25, 0.3) is 0 Å². The van der Waals surface area contributed by atoms with E-state index >= 15 is 0 Å². The second kappa shape index (κ2) is 3.15. The van der Waals surface area contributed by atoms with Gasteiger partial charge in [0.15, 0.2) is 0 Å². The fourth-order valence-corrected chi connectivity index (χ4v) is 1.43. The van der Waals surface area contributed by atoms with Crippen molar-refractivity contribution in [3.05, 3.63) is 15.0 Å². The van der Waals surface area contributed by atoms with E-state index < -0.39 is 0 Å². The maximum absolute atomic E-state index is 10.9. The lowest BCUT2D eigenvalue weighted by Gasteiger charge is -2.08. The summed E-state index contributed by atoms with van der Waals surface area (Å²) >= 11 is 5.79. The van der Waals surface area contributed by atoms with Crippen LogP contribution in [0.4, 0.5) is 0 Å². The number of nitrogens with zero attached hydrogens (tertiary/aromatic N) is 3. The van der Waals surface area contributed by atoms with Crippen LogP contribution in [0.3, 0.4) is 0 Å². The summed E-state index contributed by atoms with van der Waals surface area (Å²) < 4.78 is 0.187. The highest BCUT2D eigenvalue weighted by molar-refractivity contribution is 9.11. The Morgan fingerprint density at radius 1 is 1.27 bits per heavy atom. The van der Waals surface area contributed by atoms with Gasteiger partial charge in [-0.05, 0) is 37.6 Å². The number of nitriles is 1. The highest BCUT2D eigenvalue weighted by Gasteiger charge is 2.01. The summed E-state index contributed by atoms with van der Waals surface area (Å²) in [6, 6.07) is 1.71. The second-order valence-electron chi connectivity index (χ2n) is 1.57. The lowest BCUT2D eigenvalue weighted by molar-refractivity contribution is -0.271. The standard InChI is InChI=1S/C5HBr2N3O/c6-4-3(11)5(7)10-2(1-8)9-4/h11H/p-1. The van der Waals surface area contributed by atoms with Crippen LogP contribution in [-0.4, -0.2) is 9.97 Å². The zero-order chi connectivity index (χ0) is 8.43. The van der Waals surface area contributed by atoms with Crippen LogP contribution in [0.15, 0.2) is 9.21 Å². The Hall–Kier alpha value is -0.670. The first-order valence-electron chi connectivity index (χ1n) is 2.45. The predicted molar refractivity (Wildman–Crippen MR) is 41.6 cm³/mol. The molecule has 0 atom stereocenters. The third-order valence-corrected chi connectivity index (χ3v) is 1.96. The summed E-state index contributed by atoms with van der Waals surface area (Å²) in [5, 5.41) is 19.3. The highest BCUT2D eigenvalue weighted by atomic mass is 79.9. The molecule has 4 nitrogen and oxygen atoms in total. The Morgan fingerprint density at radius 3 is 2.09 bits per heavy atom.